The molecule has 0 nitrogen and oxygen atoms in total. The first kappa shape index (κ1) is 28.2. The standard InChI is InChI=1S/C38H36P2S/c1-29(35-25-15-27-37(35)39(31-17-7-3-8-18-31)32-19-9-4-10-20-32)41-30(2)36-26-16-28-38(36)40(33-21-11-5-12-22-33)34-23-13-6-14-24-34/h3-30,35-36H,1-2H3/t29-,30-,35?,36?/m0/s1. The van der Waals surface area contributed by atoms with Crippen LogP contribution >= 0.6 is 27.6 Å². The van der Waals surface area contributed by atoms with Gasteiger partial charge in [-0.1, -0.05) is 172 Å². The normalized spacial score (nSPS) is 19.4. The lowest BCUT2D eigenvalue weighted by Gasteiger charge is -2.33. The maximum absolute atomic E-state index is 2.45. The monoisotopic (exact) mass is 586 g/mol. The Bertz CT molecular complexity index is 1340. The molecule has 6 rings (SSSR count). The molecule has 0 radical (unpaired) electrons. The zero-order valence-electron chi connectivity index (χ0n) is 23.6. The van der Waals surface area contributed by atoms with E-state index in [1.54, 1.807) is 10.6 Å². The van der Waals surface area contributed by atoms with Gasteiger partial charge in [-0.25, -0.2) is 0 Å². The van der Waals surface area contributed by atoms with Gasteiger partial charge in [0.15, 0.2) is 0 Å². The van der Waals surface area contributed by atoms with Crippen molar-refractivity contribution < 1.29 is 0 Å². The second kappa shape index (κ2) is 13.4. The molecule has 4 aromatic rings. The van der Waals surface area contributed by atoms with Crippen molar-refractivity contribution in [2.75, 3.05) is 0 Å². The van der Waals surface area contributed by atoms with E-state index in [9.17, 15) is 0 Å². The summed E-state index contributed by atoms with van der Waals surface area (Å²) in [6, 6.07) is 44.5. The summed E-state index contributed by atoms with van der Waals surface area (Å²) in [4.78, 5) is 0. The van der Waals surface area contributed by atoms with E-state index < -0.39 is 15.8 Å². The minimum Gasteiger partial charge on any atom is -0.154 e. The summed E-state index contributed by atoms with van der Waals surface area (Å²) in [7, 11) is -1.15. The van der Waals surface area contributed by atoms with Crippen LogP contribution in [0, 0.1) is 11.8 Å². The van der Waals surface area contributed by atoms with Gasteiger partial charge in [0, 0.05) is 22.3 Å². The van der Waals surface area contributed by atoms with Gasteiger partial charge in [-0.15, -0.1) is 0 Å². The maximum Gasteiger partial charge on any atom is 0.0148 e. The molecule has 0 spiro atoms. The molecule has 4 atom stereocenters. The van der Waals surface area contributed by atoms with E-state index >= 15 is 0 Å². The van der Waals surface area contributed by atoms with Crippen molar-refractivity contribution in [1.82, 2.24) is 0 Å². The second-order valence-electron chi connectivity index (χ2n) is 10.6. The predicted octanol–water partition coefficient (Wildman–Crippen LogP) is 8.90. The minimum atomic E-state index is -0.576. The summed E-state index contributed by atoms with van der Waals surface area (Å²) in [5, 5.41) is 9.80. The van der Waals surface area contributed by atoms with Crippen LogP contribution in [-0.4, -0.2) is 10.5 Å². The van der Waals surface area contributed by atoms with Crippen molar-refractivity contribution >= 4 is 48.8 Å². The lowest BCUT2D eigenvalue weighted by molar-refractivity contribution is 0.751. The Morgan fingerprint density at radius 3 is 1.05 bits per heavy atom. The summed E-state index contributed by atoms with van der Waals surface area (Å²) < 4.78 is 0. The Kier molecular flexibility index (Phi) is 9.18. The smallest absolute Gasteiger partial charge is 0.0148 e. The Morgan fingerprint density at radius 2 is 0.756 bits per heavy atom. The van der Waals surface area contributed by atoms with E-state index in [4.69, 9.17) is 0 Å². The Morgan fingerprint density at radius 1 is 0.463 bits per heavy atom. The first-order valence-electron chi connectivity index (χ1n) is 14.4. The van der Waals surface area contributed by atoms with Gasteiger partial charge in [0.2, 0.25) is 0 Å². The molecule has 2 unspecified atom stereocenters. The molecule has 41 heavy (non-hydrogen) atoms. The fraction of sp³-hybridized carbons (Fsp3) is 0.158. The van der Waals surface area contributed by atoms with Gasteiger partial charge < -0.3 is 0 Å². The Hall–Kier alpha value is -2.95. The molecule has 2 aliphatic carbocycles. The van der Waals surface area contributed by atoms with E-state index in [0.29, 0.717) is 22.3 Å². The van der Waals surface area contributed by atoms with Crippen molar-refractivity contribution in [3.05, 3.63) is 168 Å². The molecule has 3 heteroatoms. The van der Waals surface area contributed by atoms with Crippen molar-refractivity contribution in [3.8, 4) is 0 Å². The summed E-state index contributed by atoms with van der Waals surface area (Å²) in [6.07, 6.45) is 14.3. The van der Waals surface area contributed by atoms with Crippen molar-refractivity contribution in [2.45, 2.75) is 24.3 Å². The molecule has 204 valence electrons. The van der Waals surface area contributed by atoms with Crippen molar-refractivity contribution in [1.29, 1.82) is 0 Å². The average molecular weight is 587 g/mol. The van der Waals surface area contributed by atoms with Crippen LogP contribution in [0.2, 0.25) is 0 Å². The highest BCUT2D eigenvalue weighted by Crippen LogP contribution is 2.54. The number of thioether (sulfide) groups is 1. The van der Waals surface area contributed by atoms with Crippen LogP contribution in [0.5, 0.6) is 0 Å². The summed E-state index contributed by atoms with van der Waals surface area (Å²) in [5.74, 6) is 0.855. The highest BCUT2D eigenvalue weighted by atomic mass is 32.2. The topological polar surface area (TPSA) is 0 Å². The zero-order chi connectivity index (χ0) is 28.0. The molecule has 4 aromatic carbocycles. The molecule has 0 saturated carbocycles. The van der Waals surface area contributed by atoms with Gasteiger partial charge in [-0.05, 0) is 47.7 Å². The molecular formula is C38H36P2S. The summed E-state index contributed by atoms with van der Waals surface area (Å²) in [5.41, 5.74) is 0. The van der Waals surface area contributed by atoms with E-state index in [-0.39, 0.29) is 0 Å². The molecule has 2 aliphatic rings. The third kappa shape index (κ3) is 6.29. The van der Waals surface area contributed by atoms with Crippen molar-refractivity contribution in [3.63, 3.8) is 0 Å². The highest BCUT2D eigenvalue weighted by molar-refractivity contribution is 8.00. The van der Waals surface area contributed by atoms with E-state index in [2.05, 4.69) is 183 Å². The third-order valence-electron chi connectivity index (χ3n) is 7.87. The maximum atomic E-state index is 2.45. The van der Waals surface area contributed by atoms with E-state index in [1.807, 2.05) is 0 Å². The molecule has 0 fully saturated rings. The van der Waals surface area contributed by atoms with E-state index in [0.717, 1.165) is 0 Å². The van der Waals surface area contributed by atoms with Gasteiger partial charge in [0.1, 0.15) is 0 Å². The second-order valence-corrected chi connectivity index (χ2v) is 16.8. The first-order chi connectivity index (χ1) is 20.2. The van der Waals surface area contributed by atoms with Gasteiger partial charge in [-0.2, -0.15) is 11.8 Å². The number of benzene rings is 4. The molecule has 0 bridgehead atoms. The average Bonchev–Trinajstić information content (AvgIpc) is 3.71. The van der Waals surface area contributed by atoms with Crippen LogP contribution < -0.4 is 21.2 Å². The van der Waals surface area contributed by atoms with Gasteiger partial charge in [-0.3, -0.25) is 0 Å². The number of allylic oxidation sites excluding steroid dienone is 8. The predicted molar refractivity (Wildman–Crippen MR) is 186 cm³/mol. The third-order valence-corrected chi connectivity index (χ3v) is 14.5. The zero-order valence-corrected chi connectivity index (χ0v) is 26.2. The van der Waals surface area contributed by atoms with Gasteiger partial charge in [0.05, 0.1) is 0 Å². The highest BCUT2D eigenvalue weighted by Gasteiger charge is 2.34. The largest absolute Gasteiger partial charge is 0.154 e. The van der Waals surface area contributed by atoms with Gasteiger partial charge in [0.25, 0.3) is 0 Å². The lowest BCUT2D eigenvalue weighted by atomic mass is 10.1. The quantitative estimate of drug-likeness (QED) is 0.167. The molecule has 0 aromatic heterocycles. The van der Waals surface area contributed by atoms with Crippen LogP contribution in [-0.2, 0) is 0 Å². The summed E-state index contributed by atoms with van der Waals surface area (Å²) >= 11 is 2.15. The minimum absolute atomic E-state index is 0.427. The van der Waals surface area contributed by atoms with Crippen LogP contribution in [0.15, 0.2) is 168 Å². The fourth-order valence-electron chi connectivity index (χ4n) is 5.92. The molecule has 0 N–H and O–H groups in total. The van der Waals surface area contributed by atoms with Crippen LogP contribution in [0.25, 0.3) is 0 Å². The summed E-state index contributed by atoms with van der Waals surface area (Å²) in [6.45, 7) is 4.89. The molecular weight excluding hydrogens is 550 g/mol. The van der Waals surface area contributed by atoms with Crippen LogP contribution in [0.1, 0.15) is 13.8 Å². The SMILES string of the molecule is C[C@H](S[C@@H](C)C1C=CC=C1P(c1ccccc1)c1ccccc1)C1C=CC=C1P(c1ccccc1)c1ccccc1. The van der Waals surface area contributed by atoms with Gasteiger partial charge >= 0.3 is 0 Å². The lowest BCUT2D eigenvalue weighted by Crippen LogP contribution is -2.24. The fourth-order valence-corrected chi connectivity index (χ4v) is 13.0. The molecule has 0 saturated heterocycles. The number of hydrogen-bond donors (Lipinski definition) is 0. The first-order valence-corrected chi connectivity index (χ1v) is 18.1. The molecule has 0 heterocycles. The number of hydrogen-bond acceptors (Lipinski definition) is 1. The molecule has 0 amide bonds. The van der Waals surface area contributed by atoms with E-state index in [1.165, 1.54) is 21.2 Å². The van der Waals surface area contributed by atoms with Crippen LogP contribution in [0.3, 0.4) is 0 Å². The number of rotatable bonds is 10. The van der Waals surface area contributed by atoms with Crippen LogP contribution in [0.4, 0.5) is 0 Å². The van der Waals surface area contributed by atoms with Crippen molar-refractivity contribution in [2.24, 2.45) is 11.8 Å². The Labute approximate surface area is 252 Å². The molecule has 0 aliphatic heterocycles. The Balaban J connectivity index is 1.24.